The summed E-state index contributed by atoms with van der Waals surface area (Å²) in [5, 5.41) is 4.19. The minimum atomic E-state index is -0.652. The number of benzene rings is 2. The lowest BCUT2D eigenvalue weighted by Crippen LogP contribution is -2.27. The van der Waals surface area contributed by atoms with Crippen molar-refractivity contribution in [3.8, 4) is 0 Å². The number of primary amides is 1. The molecular formula is C17H19N3O. The maximum atomic E-state index is 10.9. The Balaban J connectivity index is 2.45. The van der Waals surface area contributed by atoms with E-state index in [1.807, 2.05) is 43.3 Å². The highest BCUT2D eigenvalue weighted by Crippen LogP contribution is 2.27. The Morgan fingerprint density at radius 3 is 1.90 bits per heavy atom. The van der Waals surface area contributed by atoms with E-state index >= 15 is 0 Å². The number of carbonyl (C=O) groups excluding carboxylic acids is 1. The summed E-state index contributed by atoms with van der Waals surface area (Å²) in [7, 11) is 0. The first kappa shape index (κ1) is 14.8. The van der Waals surface area contributed by atoms with Gasteiger partial charge in [-0.1, -0.05) is 67.6 Å². The number of nitrogens with one attached hydrogen (secondary N) is 1. The van der Waals surface area contributed by atoms with Gasteiger partial charge in [-0.25, -0.2) is 10.2 Å². The van der Waals surface area contributed by atoms with Crippen LogP contribution < -0.4 is 11.2 Å². The molecular weight excluding hydrogens is 262 g/mol. The SMILES string of the molecule is CCC(=NNC(N)=O)C(c1ccccc1)c1ccccc1. The highest BCUT2D eigenvalue weighted by molar-refractivity contribution is 5.94. The molecule has 3 N–H and O–H groups in total. The molecule has 2 aromatic carbocycles. The summed E-state index contributed by atoms with van der Waals surface area (Å²) in [6.45, 7) is 2.01. The number of rotatable bonds is 5. The van der Waals surface area contributed by atoms with Crippen molar-refractivity contribution in [1.29, 1.82) is 0 Å². The van der Waals surface area contributed by atoms with E-state index in [-0.39, 0.29) is 5.92 Å². The molecule has 0 aromatic heterocycles. The lowest BCUT2D eigenvalue weighted by atomic mass is 9.86. The van der Waals surface area contributed by atoms with Crippen LogP contribution in [0.2, 0.25) is 0 Å². The van der Waals surface area contributed by atoms with Gasteiger partial charge in [0.05, 0.1) is 0 Å². The van der Waals surface area contributed by atoms with Crippen LogP contribution in [0.15, 0.2) is 65.8 Å². The van der Waals surface area contributed by atoms with Crippen molar-refractivity contribution in [3.63, 3.8) is 0 Å². The largest absolute Gasteiger partial charge is 0.350 e. The van der Waals surface area contributed by atoms with Gasteiger partial charge in [-0.05, 0) is 17.5 Å². The van der Waals surface area contributed by atoms with Gasteiger partial charge in [0.2, 0.25) is 0 Å². The molecule has 0 spiro atoms. The van der Waals surface area contributed by atoms with Crippen molar-refractivity contribution in [3.05, 3.63) is 71.8 Å². The van der Waals surface area contributed by atoms with Gasteiger partial charge < -0.3 is 5.73 Å². The molecule has 2 aromatic rings. The number of hydrazone groups is 1. The van der Waals surface area contributed by atoms with Crippen LogP contribution in [-0.2, 0) is 0 Å². The van der Waals surface area contributed by atoms with Crippen LogP contribution >= 0.6 is 0 Å². The second kappa shape index (κ2) is 7.24. The first-order valence-electron chi connectivity index (χ1n) is 6.94. The molecule has 4 nitrogen and oxygen atoms in total. The summed E-state index contributed by atoms with van der Waals surface area (Å²) in [6.07, 6.45) is 0.717. The Kier molecular flexibility index (Phi) is 5.10. The number of carbonyl (C=O) groups is 1. The third-order valence-corrected chi connectivity index (χ3v) is 3.27. The fourth-order valence-corrected chi connectivity index (χ4v) is 2.34. The maximum Gasteiger partial charge on any atom is 0.332 e. The molecule has 0 heterocycles. The summed E-state index contributed by atoms with van der Waals surface area (Å²) >= 11 is 0. The standard InChI is InChI=1S/C17H19N3O/c1-2-15(19-20-17(18)21)16(13-9-5-3-6-10-13)14-11-7-4-8-12-14/h3-12,16H,2H2,1H3,(H3,18,20,21). The fraction of sp³-hybridized carbons (Fsp3) is 0.176. The third-order valence-electron chi connectivity index (χ3n) is 3.27. The molecule has 21 heavy (non-hydrogen) atoms. The quantitative estimate of drug-likeness (QED) is 0.641. The van der Waals surface area contributed by atoms with Gasteiger partial charge in [0.25, 0.3) is 0 Å². The van der Waals surface area contributed by atoms with Gasteiger partial charge in [0.1, 0.15) is 0 Å². The van der Waals surface area contributed by atoms with Crippen LogP contribution in [0.3, 0.4) is 0 Å². The van der Waals surface area contributed by atoms with E-state index in [0.29, 0.717) is 6.42 Å². The lowest BCUT2D eigenvalue weighted by Gasteiger charge is -2.19. The summed E-state index contributed by atoms with van der Waals surface area (Å²) < 4.78 is 0. The Hall–Kier alpha value is -2.62. The number of nitrogens with two attached hydrogens (primary N) is 1. The number of hydrogen-bond acceptors (Lipinski definition) is 2. The molecule has 0 saturated heterocycles. The number of urea groups is 1. The van der Waals surface area contributed by atoms with Gasteiger partial charge in [-0.2, -0.15) is 5.10 Å². The predicted molar refractivity (Wildman–Crippen MR) is 85.2 cm³/mol. The van der Waals surface area contributed by atoms with Crippen LogP contribution in [0.25, 0.3) is 0 Å². The molecule has 0 aliphatic carbocycles. The van der Waals surface area contributed by atoms with Gasteiger partial charge in [-0.15, -0.1) is 0 Å². The molecule has 2 amide bonds. The Bertz CT molecular complexity index is 569. The Morgan fingerprint density at radius 2 is 1.52 bits per heavy atom. The number of hydrogen-bond donors (Lipinski definition) is 2. The van der Waals surface area contributed by atoms with Gasteiger partial charge in [0, 0.05) is 11.6 Å². The zero-order valence-electron chi connectivity index (χ0n) is 12.0. The van der Waals surface area contributed by atoms with E-state index in [2.05, 4.69) is 34.8 Å². The minimum Gasteiger partial charge on any atom is -0.350 e. The van der Waals surface area contributed by atoms with Crippen LogP contribution in [0.5, 0.6) is 0 Å². The summed E-state index contributed by atoms with van der Waals surface area (Å²) in [5.74, 6) is 0.00394. The number of amides is 2. The van der Waals surface area contributed by atoms with E-state index in [4.69, 9.17) is 5.73 Å². The molecule has 0 radical (unpaired) electrons. The summed E-state index contributed by atoms with van der Waals surface area (Å²) in [6, 6.07) is 19.6. The second-order valence-corrected chi connectivity index (χ2v) is 4.69. The van der Waals surface area contributed by atoms with Crippen molar-refractivity contribution >= 4 is 11.7 Å². The minimum absolute atomic E-state index is 0.00394. The molecule has 4 heteroatoms. The van der Waals surface area contributed by atoms with E-state index < -0.39 is 6.03 Å². The maximum absolute atomic E-state index is 10.9. The smallest absolute Gasteiger partial charge is 0.332 e. The molecule has 0 aliphatic rings. The molecule has 0 aliphatic heterocycles. The molecule has 0 unspecified atom stereocenters. The summed E-state index contributed by atoms with van der Waals surface area (Å²) in [4.78, 5) is 10.9. The molecule has 0 atom stereocenters. The number of nitrogens with zero attached hydrogens (tertiary/aromatic N) is 1. The second-order valence-electron chi connectivity index (χ2n) is 4.69. The third kappa shape index (κ3) is 3.92. The zero-order chi connectivity index (χ0) is 15.1. The average molecular weight is 281 g/mol. The van der Waals surface area contributed by atoms with Crippen molar-refractivity contribution < 1.29 is 4.79 Å². The van der Waals surface area contributed by atoms with Gasteiger partial charge in [-0.3, -0.25) is 0 Å². The van der Waals surface area contributed by atoms with Gasteiger partial charge >= 0.3 is 6.03 Å². The van der Waals surface area contributed by atoms with Crippen molar-refractivity contribution in [2.75, 3.05) is 0 Å². The van der Waals surface area contributed by atoms with E-state index in [9.17, 15) is 4.79 Å². The van der Waals surface area contributed by atoms with Crippen LogP contribution in [0.1, 0.15) is 30.4 Å². The first-order chi connectivity index (χ1) is 10.2. The fourth-order valence-electron chi connectivity index (χ4n) is 2.34. The Morgan fingerprint density at radius 1 is 1.05 bits per heavy atom. The predicted octanol–water partition coefficient (Wildman–Crippen LogP) is 3.25. The molecule has 0 bridgehead atoms. The molecule has 2 rings (SSSR count). The normalized spacial score (nSPS) is 11.4. The molecule has 0 fully saturated rings. The van der Waals surface area contributed by atoms with Crippen molar-refractivity contribution in [2.24, 2.45) is 10.8 Å². The van der Waals surface area contributed by atoms with Crippen molar-refractivity contribution in [2.45, 2.75) is 19.3 Å². The van der Waals surface area contributed by atoms with E-state index in [1.165, 1.54) is 0 Å². The lowest BCUT2D eigenvalue weighted by molar-refractivity contribution is 0.249. The van der Waals surface area contributed by atoms with Crippen LogP contribution in [-0.4, -0.2) is 11.7 Å². The molecule has 0 saturated carbocycles. The highest BCUT2D eigenvalue weighted by Gasteiger charge is 2.19. The van der Waals surface area contributed by atoms with E-state index in [0.717, 1.165) is 16.8 Å². The van der Waals surface area contributed by atoms with Gasteiger partial charge in [0.15, 0.2) is 0 Å². The van der Waals surface area contributed by atoms with Crippen LogP contribution in [0.4, 0.5) is 4.79 Å². The highest BCUT2D eigenvalue weighted by atomic mass is 16.2. The summed E-state index contributed by atoms with van der Waals surface area (Å²) in [5.41, 5.74) is 10.6. The van der Waals surface area contributed by atoms with Crippen molar-refractivity contribution in [1.82, 2.24) is 5.43 Å². The monoisotopic (exact) mass is 281 g/mol. The Labute approximate surface area is 124 Å². The zero-order valence-corrected chi connectivity index (χ0v) is 12.0. The van der Waals surface area contributed by atoms with E-state index in [1.54, 1.807) is 0 Å². The topological polar surface area (TPSA) is 67.5 Å². The first-order valence-corrected chi connectivity index (χ1v) is 6.94. The van der Waals surface area contributed by atoms with Crippen LogP contribution in [0, 0.1) is 0 Å². The average Bonchev–Trinajstić information content (AvgIpc) is 2.53. The molecule has 108 valence electrons.